The van der Waals surface area contributed by atoms with E-state index >= 15 is 0 Å². The quantitative estimate of drug-likeness (QED) is 0.829. The average molecular weight is 398 g/mol. The van der Waals surface area contributed by atoms with Gasteiger partial charge < -0.3 is 5.11 Å². The van der Waals surface area contributed by atoms with E-state index in [2.05, 4.69) is 4.90 Å². The normalized spacial score (nSPS) is 20.5. The maximum absolute atomic E-state index is 13.2. The number of halogens is 3. The van der Waals surface area contributed by atoms with Crippen molar-refractivity contribution >= 4 is 17.3 Å². The number of aliphatic carboxylic acids is 1. The Bertz CT molecular complexity index is 780. The van der Waals surface area contributed by atoms with Crippen molar-refractivity contribution in [2.75, 3.05) is 26.2 Å². The summed E-state index contributed by atoms with van der Waals surface area (Å²) in [5, 5.41) is 11.0. The molecule has 1 aromatic carbocycles. The van der Waals surface area contributed by atoms with Crippen molar-refractivity contribution < 1.29 is 23.1 Å². The van der Waals surface area contributed by atoms with E-state index in [0.29, 0.717) is 25.2 Å². The largest absolute Gasteiger partial charge is 0.480 e. The number of rotatable bonds is 5. The molecule has 8 heteroatoms. The minimum absolute atomic E-state index is 0.00288. The summed E-state index contributed by atoms with van der Waals surface area (Å²) < 4.78 is 39.5. The molecule has 2 aromatic rings. The highest BCUT2D eigenvalue weighted by Crippen LogP contribution is 2.36. The smallest absolute Gasteiger partial charge is 0.416 e. The van der Waals surface area contributed by atoms with Gasteiger partial charge >= 0.3 is 12.1 Å². The molecule has 1 aromatic heterocycles. The fraction of sp³-hybridized carbons (Fsp3) is 0.421. The highest BCUT2D eigenvalue weighted by molar-refractivity contribution is 7.10. The van der Waals surface area contributed by atoms with Gasteiger partial charge in [-0.25, -0.2) is 0 Å². The summed E-state index contributed by atoms with van der Waals surface area (Å²) in [6.45, 7) is 3.67. The molecule has 2 heterocycles. The van der Waals surface area contributed by atoms with Crippen LogP contribution in [0.5, 0.6) is 0 Å². The number of carboxylic acids is 1. The number of hydrogen-bond acceptors (Lipinski definition) is 4. The van der Waals surface area contributed by atoms with Gasteiger partial charge in [-0.05, 0) is 36.1 Å². The van der Waals surface area contributed by atoms with Crippen molar-refractivity contribution in [2.45, 2.75) is 25.2 Å². The lowest BCUT2D eigenvalue weighted by molar-refractivity contribution is -0.139. The highest BCUT2D eigenvalue weighted by atomic mass is 32.1. The molecule has 27 heavy (non-hydrogen) atoms. The van der Waals surface area contributed by atoms with Crippen LogP contribution < -0.4 is 0 Å². The van der Waals surface area contributed by atoms with Gasteiger partial charge in [-0.15, -0.1) is 11.3 Å². The SMILES string of the molecule is C[C@@H]1CN(C(c2cccc(C(F)(F)F)c2)c2cccs2)CCN1CC(=O)O. The Kier molecular flexibility index (Phi) is 5.88. The van der Waals surface area contributed by atoms with E-state index in [4.69, 9.17) is 5.11 Å². The molecule has 1 aliphatic rings. The lowest BCUT2D eigenvalue weighted by Crippen LogP contribution is -2.54. The fourth-order valence-corrected chi connectivity index (χ4v) is 4.44. The second kappa shape index (κ2) is 8.00. The standard InChI is InChI=1S/C19H21F3N2O2S/c1-13-11-24(8-7-23(13)12-17(25)26)18(16-6-3-9-27-16)14-4-2-5-15(10-14)19(20,21)22/h2-6,9-10,13,18H,7-8,11-12H2,1H3,(H,25,26)/t13-,18?/m1/s1. The molecule has 0 saturated carbocycles. The molecule has 146 valence electrons. The summed E-state index contributed by atoms with van der Waals surface area (Å²) in [7, 11) is 0. The summed E-state index contributed by atoms with van der Waals surface area (Å²) in [4.78, 5) is 16.0. The number of benzene rings is 1. The van der Waals surface area contributed by atoms with E-state index < -0.39 is 17.7 Å². The molecular formula is C19H21F3N2O2S. The molecule has 0 bridgehead atoms. The second-order valence-electron chi connectivity index (χ2n) is 6.75. The van der Waals surface area contributed by atoms with Gasteiger partial charge in [0.2, 0.25) is 0 Å². The predicted molar refractivity (Wildman–Crippen MR) is 97.8 cm³/mol. The molecule has 1 fully saturated rings. The van der Waals surface area contributed by atoms with Gasteiger partial charge in [-0.2, -0.15) is 13.2 Å². The van der Waals surface area contributed by atoms with E-state index in [1.807, 2.05) is 29.3 Å². The third-order valence-electron chi connectivity index (χ3n) is 4.84. The van der Waals surface area contributed by atoms with Gasteiger partial charge in [-0.1, -0.05) is 18.2 Å². The van der Waals surface area contributed by atoms with E-state index in [-0.39, 0.29) is 18.6 Å². The summed E-state index contributed by atoms with van der Waals surface area (Å²) >= 11 is 1.51. The number of carbonyl (C=O) groups is 1. The lowest BCUT2D eigenvalue weighted by atomic mass is 9.99. The zero-order valence-electron chi connectivity index (χ0n) is 14.8. The molecule has 0 radical (unpaired) electrons. The van der Waals surface area contributed by atoms with Crippen LogP contribution in [0.4, 0.5) is 13.2 Å². The molecule has 1 unspecified atom stereocenters. The molecule has 0 amide bonds. The van der Waals surface area contributed by atoms with Gasteiger partial charge in [0.25, 0.3) is 0 Å². The zero-order chi connectivity index (χ0) is 19.6. The van der Waals surface area contributed by atoms with E-state index in [1.165, 1.54) is 23.5 Å². The van der Waals surface area contributed by atoms with E-state index in [0.717, 1.165) is 10.9 Å². The van der Waals surface area contributed by atoms with E-state index in [9.17, 15) is 18.0 Å². The number of hydrogen-bond donors (Lipinski definition) is 1. The molecular weight excluding hydrogens is 377 g/mol. The van der Waals surface area contributed by atoms with Crippen molar-refractivity contribution in [2.24, 2.45) is 0 Å². The van der Waals surface area contributed by atoms with Crippen LogP contribution in [0.2, 0.25) is 0 Å². The van der Waals surface area contributed by atoms with Crippen molar-refractivity contribution in [1.82, 2.24) is 9.80 Å². The Morgan fingerprint density at radius 2 is 2.07 bits per heavy atom. The maximum Gasteiger partial charge on any atom is 0.416 e. The number of thiophene rings is 1. The zero-order valence-corrected chi connectivity index (χ0v) is 15.6. The van der Waals surface area contributed by atoms with Crippen LogP contribution in [0.1, 0.15) is 29.0 Å². The van der Waals surface area contributed by atoms with Gasteiger partial charge in [0, 0.05) is 30.6 Å². The van der Waals surface area contributed by atoms with Crippen LogP contribution in [0, 0.1) is 0 Å². The van der Waals surface area contributed by atoms with Crippen molar-refractivity contribution in [3.05, 3.63) is 57.8 Å². The number of piperazine rings is 1. The van der Waals surface area contributed by atoms with Crippen LogP contribution >= 0.6 is 11.3 Å². The Morgan fingerprint density at radius 1 is 1.30 bits per heavy atom. The van der Waals surface area contributed by atoms with Crippen LogP contribution in [0.25, 0.3) is 0 Å². The molecule has 1 N–H and O–H groups in total. The van der Waals surface area contributed by atoms with Crippen molar-refractivity contribution in [3.8, 4) is 0 Å². The Morgan fingerprint density at radius 3 is 2.67 bits per heavy atom. The van der Waals surface area contributed by atoms with Gasteiger partial charge in [0.15, 0.2) is 0 Å². The number of alkyl halides is 3. The Labute approximate surface area is 159 Å². The molecule has 1 saturated heterocycles. The lowest BCUT2D eigenvalue weighted by Gasteiger charge is -2.42. The third kappa shape index (κ3) is 4.69. The molecule has 4 nitrogen and oxygen atoms in total. The molecule has 3 rings (SSSR count). The van der Waals surface area contributed by atoms with Gasteiger partial charge in [0.05, 0.1) is 18.2 Å². The summed E-state index contributed by atoms with van der Waals surface area (Å²) in [6, 6.07) is 9.04. The minimum atomic E-state index is -4.39. The summed E-state index contributed by atoms with van der Waals surface area (Å²) in [5.41, 5.74) is -0.0507. The van der Waals surface area contributed by atoms with Crippen LogP contribution in [0.15, 0.2) is 41.8 Å². The molecule has 0 spiro atoms. The van der Waals surface area contributed by atoms with Crippen LogP contribution in [0.3, 0.4) is 0 Å². The summed E-state index contributed by atoms with van der Waals surface area (Å²) in [6.07, 6.45) is -4.39. The molecule has 2 atom stereocenters. The third-order valence-corrected chi connectivity index (χ3v) is 5.77. The monoisotopic (exact) mass is 398 g/mol. The average Bonchev–Trinajstić information content (AvgIpc) is 3.11. The Hall–Kier alpha value is -1.90. The Balaban J connectivity index is 1.89. The predicted octanol–water partition coefficient (Wildman–Crippen LogP) is 3.95. The van der Waals surface area contributed by atoms with Gasteiger partial charge in [0.1, 0.15) is 0 Å². The maximum atomic E-state index is 13.2. The van der Waals surface area contributed by atoms with Crippen molar-refractivity contribution in [3.63, 3.8) is 0 Å². The van der Waals surface area contributed by atoms with Gasteiger partial charge in [-0.3, -0.25) is 14.6 Å². The first-order valence-corrected chi connectivity index (χ1v) is 9.54. The van der Waals surface area contributed by atoms with Crippen LogP contribution in [-0.4, -0.2) is 53.1 Å². The number of carboxylic acid groups (broad SMARTS) is 1. The second-order valence-corrected chi connectivity index (χ2v) is 7.73. The van der Waals surface area contributed by atoms with Crippen LogP contribution in [-0.2, 0) is 11.0 Å². The fourth-order valence-electron chi connectivity index (χ4n) is 3.55. The molecule has 0 aliphatic carbocycles. The van der Waals surface area contributed by atoms with Crippen molar-refractivity contribution in [1.29, 1.82) is 0 Å². The topological polar surface area (TPSA) is 43.8 Å². The molecule has 1 aliphatic heterocycles. The van der Waals surface area contributed by atoms with E-state index in [1.54, 1.807) is 6.07 Å². The highest BCUT2D eigenvalue weighted by Gasteiger charge is 2.34. The minimum Gasteiger partial charge on any atom is -0.480 e. The first-order chi connectivity index (χ1) is 12.8. The summed E-state index contributed by atoms with van der Waals surface area (Å²) in [5.74, 6) is -0.872. The first-order valence-electron chi connectivity index (χ1n) is 8.66. The number of nitrogens with zero attached hydrogens (tertiary/aromatic N) is 2. The first kappa shape index (κ1) is 19.9.